The molecule has 0 saturated heterocycles. The molecule has 0 fully saturated rings. The maximum Gasteiger partial charge on any atom is 0.237 e. The molecule has 2 aliphatic heterocycles. The van der Waals surface area contributed by atoms with E-state index in [0.717, 1.165) is 34.7 Å². The van der Waals surface area contributed by atoms with Gasteiger partial charge in [-0.05, 0) is 58.6 Å². The zero-order valence-corrected chi connectivity index (χ0v) is 19.2. The summed E-state index contributed by atoms with van der Waals surface area (Å²) in [5.74, 6) is 0.142. The van der Waals surface area contributed by atoms with Crippen LogP contribution in [0.2, 0.25) is 0 Å². The highest BCUT2D eigenvalue weighted by atomic mass is 32.2. The van der Waals surface area contributed by atoms with Gasteiger partial charge in [-0.25, -0.2) is 0 Å². The summed E-state index contributed by atoms with van der Waals surface area (Å²) in [5.41, 5.74) is 5.23. The maximum absolute atomic E-state index is 12.9. The van der Waals surface area contributed by atoms with Crippen molar-refractivity contribution >= 4 is 35.0 Å². The molecule has 0 saturated carbocycles. The number of hydrogen-bond acceptors (Lipinski definition) is 3. The average Bonchev–Trinajstić information content (AvgIpc) is 2.66. The van der Waals surface area contributed by atoms with E-state index in [1.54, 1.807) is 11.8 Å². The van der Waals surface area contributed by atoms with E-state index in [9.17, 15) is 9.59 Å². The minimum atomic E-state index is -0.199. The Hall–Kier alpha value is -2.27. The lowest BCUT2D eigenvalue weighted by atomic mass is 9.79. The first-order valence-corrected chi connectivity index (χ1v) is 11.5. The van der Waals surface area contributed by atoms with Gasteiger partial charge in [0.15, 0.2) is 0 Å². The molecular weight excluding hydrogens is 392 g/mol. The third kappa shape index (κ3) is 4.13. The van der Waals surface area contributed by atoms with Crippen LogP contribution in [0.4, 0.5) is 11.4 Å². The van der Waals surface area contributed by atoms with Gasteiger partial charge >= 0.3 is 0 Å². The van der Waals surface area contributed by atoms with Gasteiger partial charge in [0, 0.05) is 17.0 Å². The van der Waals surface area contributed by atoms with Crippen LogP contribution in [0.5, 0.6) is 0 Å². The van der Waals surface area contributed by atoms with Gasteiger partial charge < -0.3 is 10.6 Å². The number of hydrogen-bond donors (Lipinski definition) is 2. The standard InChI is InChI=1S/C25H30N2O2S/c1-24(2,3)16-9-10-20-19(12-16)27-23(29)21(30-20)14-25(4,5)17-8-6-15-7-11-22(28)26-18(15)13-17/h6,8-10,12-13,21H,7,11,14H2,1-5H3,(H,26,28)(H,27,29). The van der Waals surface area contributed by atoms with Crippen molar-refractivity contribution in [3.8, 4) is 0 Å². The maximum atomic E-state index is 12.9. The van der Waals surface area contributed by atoms with E-state index in [0.29, 0.717) is 6.42 Å². The highest BCUT2D eigenvalue weighted by molar-refractivity contribution is 8.01. The Labute approximate surface area is 183 Å². The molecular formula is C25H30N2O2S. The molecule has 30 heavy (non-hydrogen) atoms. The number of thioether (sulfide) groups is 1. The molecule has 158 valence electrons. The van der Waals surface area contributed by atoms with Crippen LogP contribution < -0.4 is 10.6 Å². The number of benzene rings is 2. The predicted molar refractivity (Wildman–Crippen MR) is 124 cm³/mol. The first-order chi connectivity index (χ1) is 14.0. The van der Waals surface area contributed by atoms with Crippen LogP contribution in [-0.4, -0.2) is 17.1 Å². The Balaban J connectivity index is 1.55. The van der Waals surface area contributed by atoms with Gasteiger partial charge in [-0.3, -0.25) is 9.59 Å². The van der Waals surface area contributed by atoms with Gasteiger partial charge in [0.2, 0.25) is 11.8 Å². The van der Waals surface area contributed by atoms with Crippen molar-refractivity contribution in [1.82, 2.24) is 0 Å². The van der Waals surface area contributed by atoms with Gasteiger partial charge in [-0.1, -0.05) is 52.8 Å². The average molecular weight is 423 g/mol. The molecule has 1 unspecified atom stereocenters. The first kappa shape index (κ1) is 21.0. The molecule has 2 heterocycles. The number of carbonyl (C=O) groups excluding carboxylic acids is 2. The number of amides is 2. The van der Waals surface area contributed by atoms with E-state index < -0.39 is 0 Å². The van der Waals surface area contributed by atoms with Gasteiger partial charge in [0.1, 0.15) is 0 Å². The van der Waals surface area contributed by atoms with Crippen LogP contribution in [0.1, 0.15) is 64.2 Å². The van der Waals surface area contributed by atoms with Gasteiger partial charge in [0.25, 0.3) is 0 Å². The molecule has 4 rings (SSSR count). The van der Waals surface area contributed by atoms with Crippen LogP contribution >= 0.6 is 11.8 Å². The van der Waals surface area contributed by atoms with E-state index >= 15 is 0 Å². The van der Waals surface area contributed by atoms with Crippen LogP contribution in [0.3, 0.4) is 0 Å². The summed E-state index contributed by atoms with van der Waals surface area (Å²) >= 11 is 1.65. The van der Waals surface area contributed by atoms with Crippen molar-refractivity contribution in [2.45, 2.75) is 74.9 Å². The van der Waals surface area contributed by atoms with E-state index in [2.05, 4.69) is 81.7 Å². The van der Waals surface area contributed by atoms with Crippen molar-refractivity contribution in [2.24, 2.45) is 0 Å². The lowest BCUT2D eigenvalue weighted by Crippen LogP contribution is -2.35. The quantitative estimate of drug-likeness (QED) is 0.672. The molecule has 0 spiro atoms. The predicted octanol–water partition coefficient (Wildman–Crippen LogP) is 5.65. The van der Waals surface area contributed by atoms with Crippen molar-refractivity contribution in [3.05, 3.63) is 53.1 Å². The minimum absolute atomic E-state index is 0.0468. The molecule has 2 aromatic rings. The van der Waals surface area contributed by atoms with Gasteiger partial charge in [-0.15, -0.1) is 11.8 Å². The van der Waals surface area contributed by atoms with Gasteiger partial charge in [-0.2, -0.15) is 0 Å². The molecule has 2 aliphatic rings. The number of carbonyl (C=O) groups is 2. The fourth-order valence-electron chi connectivity index (χ4n) is 4.13. The lowest BCUT2D eigenvalue weighted by Gasteiger charge is -2.33. The Morgan fingerprint density at radius 3 is 2.33 bits per heavy atom. The molecule has 1 atom stereocenters. The largest absolute Gasteiger partial charge is 0.326 e. The molecule has 4 nitrogen and oxygen atoms in total. The second-order valence-electron chi connectivity index (χ2n) is 10.1. The third-order valence-electron chi connectivity index (χ3n) is 6.15. The van der Waals surface area contributed by atoms with Crippen molar-refractivity contribution in [1.29, 1.82) is 0 Å². The van der Waals surface area contributed by atoms with Crippen molar-refractivity contribution in [2.75, 3.05) is 10.6 Å². The summed E-state index contributed by atoms with van der Waals surface area (Å²) in [6.07, 6.45) is 2.05. The highest BCUT2D eigenvalue weighted by Gasteiger charge is 2.34. The molecule has 0 bridgehead atoms. The summed E-state index contributed by atoms with van der Waals surface area (Å²) < 4.78 is 0. The Kier molecular flexibility index (Phi) is 5.21. The number of aryl methyl sites for hydroxylation is 1. The van der Waals surface area contributed by atoms with Crippen LogP contribution in [-0.2, 0) is 26.8 Å². The fourth-order valence-corrected chi connectivity index (χ4v) is 5.48. The molecule has 0 aliphatic carbocycles. The number of anilines is 2. The number of rotatable bonds is 3. The summed E-state index contributed by atoms with van der Waals surface area (Å²) in [7, 11) is 0. The normalized spacial score (nSPS) is 18.9. The SMILES string of the molecule is CC(C)(C)c1ccc2c(c1)NC(=O)C(CC(C)(C)c1ccc3c(c1)NC(=O)CC3)S2. The van der Waals surface area contributed by atoms with Crippen LogP contribution in [0.25, 0.3) is 0 Å². The Morgan fingerprint density at radius 1 is 0.900 bits per heavy atom. The monoisotopic (exact) mass is 422 g/mol. The highest BCUT2D eigenvalue weighted by Crippen LogP contribution is 2.43. The Morgan fingerprint density at radius 2 is 1.60 bits per heavy atom. The minimum Gasteiger partial charge on any atom is -0.326 e. The second-order valence-corrected chi connectivity index (χ2v) is 11.3. The molecule has 2 amide bonds. The summed E-state index contributed by atoms with van der Waals surface area (Å²) in [4.78, 5) is 25.8. The Bertz CT molecular complexity index is 1020. The topological polar surface area (TPSA) is 58.2 Å². The molecule has 0 aromatic heterocycles. The van der Waals surface area contributed by atoms with Crippen LogP contribution in [0.15, 0.2) is 41.3 Å². The number of fused-ring (bicyclic) bond motifs is 2. The molecule has 0 radical (unpaired) electrons. The summed E-state index contributed by atoms with van der Waals surface area (Å²) in [6, 6.07) is 12.7. The summed E-state index contributed by atoms with van der Waals surface area (Å²) in [6.45, 7) is 10.9. The lowest BCUT2D eigenvalue weighted by molar-refractivity contribution is -0.117. The van der Waals surface area contributed by atoms with E-state index in [4.69, 9.17) is 0 Å². The third-order valence-corrected chi connectivity index (χ3v) is 7.42. The van der Waals surface area contributed by atoms with E-state index in [-0.39, 0.29) is 27.9 Å². The second kappa shape index (κ2) is 7.45. The number of nitrogens with one attached hydrogen (secondary N) is 2. The van der Waals surface area contributed by atoms with Crippen molar-refractivity contribution in [3.63, 3.8) is 0 Å². The van der Waals surface area contributed by atoms with Crippen LogP contribution in [0, 0.1) is 0 Å². The first-order valence-electron chi connectivity index (χ1n) is 10.6. The zero-order valence-electron chi connectivity index (χ0n) is 18.4. The van der Waals surface area contributed by atoms with E-state index in [1.807, 2.05) is 0 Å². The molecule has 2 N–H and O–H groups in total. The smallest absolute Gasteiger partial charge is 0.237 e. The molecule has 5 heteroatoms. The van der Waals surface area contributed by atoms with Crippen molar-refractivity contribution < 1.29 is 9.59 Å². The molecule has 2 aromatic carbocycles. The summed E-state index contributed by atoms with van der Waals surface area (Å²) in [5, 5.41) is 5.97. The van der Waals surface area contributed by atoms with E-state index in [1.165, 1.54) is 11.1 Å². The fraction of sp³-hybridized carbons (Fsp3) is 0.440. The van der Waals surface area contributed by atoms with Gasteiger partial charge in [0.05, 0.1) is 10.9 Å². The zero-order chi connectivity index (χ0) is 21.7.